The minimum atomic E-state index is -0.793. The predicted molar refractivity (Wildman–Crippen MR) is 126 cm³/mol. The van der Waals surface area contributed by atoms with Crippen molar-refractivity contribution < 1.29 is 9.59 Å². The summed E-state index contributed by atoms with van der Waals surface area (Å²) in [5.74, 6) is 3.09. The van der Waals surface area contributed by atoms with Crippen molar-refractivity contribution in [1.29, 1.82) is 0 Å². The van der Waals surface area contributed by atoms with Gasteiger partial charge in [-0.05, 0) is 61.0 Å². The Morgan fingerprint density at radius 2 is 2.00 bits per heavy atom. The summed E-state index contributed by atoms with van der Waals surface area (Å²) in [6.07, 6.45) is 2.92. The lowest BCUT2D eigenvalue weighted by Gasteiger charge is -2.39. The third kappa shape index (κ3) is 3.46. The maximum Gasteiger partial charge on any atom is 0.322 e. The number of likely N-dealkylation sites (tertiary alicyclic amines) is 1. The zero-order chi connectivity index (χ0) is 20.2. The molecule has 2 aliphatic carbocycles. The molecule has 7 nitrogen and oxygen atoms in total. The number of benzene rings is 1. The number of fused-ring (bicyclic) bond motifs is 3. The summed E-state index contributed by atoms with van der Waals surface area (Å²) >= 11 is 0. The van der Waals surface area contributed by atoms with Crippen molar-refractivity contribution in [3.05, 3.63) is 35.4 Å². The van der Waals surface area contributed by atoms with E-state index >= 15 is 0 Å². The van der Waals surface area contributed by atoms with Gasteiger partial charge in [0.25, 0.3) is 5.91 Å². The van der Waals surface area contributed by atoms with Crippen molar-refractivity contribution in [2.45, 2.75) is 37.6 Å². The van der Waals surface area contributed by atoms with Gasteiger partial charge < -0.3 is 15.5 Å². The van der Waals surface area contributed by atoms with Gasteiger partial charge in [-0.3, -0.25) is 15.1 Å². The maximum atomic E-state index is 12.2. The van der Waals surface area contributed by atoms with Gasteiger partial charge in [0.1, 0.15) is 5.54 Å². The molecule has 2 aliphatic heterocycles. The van der Waals surface area contributed by atoms with Gasteiger partial charge in [-0.1, -0.05) is 24.3 Å². The Hall–Kier alpha value is -1.84. The SMILES string of the molecule is CN=C(NCC1C2Cc3ccccc3C12)N1CCC(C2(C)NC(=O)NC2=O)CC1.I. The Bertz CT molecular complexity index is 882. The lowest BCUT2D eigenvalue weighted by molar-refractivity contribution is -0.125. The first-order valence-electron chi connectivity index (χ1n) is 10.7. The number of piperidine rings is 1. The Morgan fingerprint density at radius 3 is 2.67 bits per heavy atom. The lowest BCUT2D eigenvalue weighted by atomic mass is 9.79. The first-order chi connectivity index (χ1) is 14.0. The molecule has 8 heteroatoms. The molecule has 0 aromatic heterocycles. The molecular formula is C22H30IN5O2. The topological polar surface area (TPSA) is 85.8 Å². The number of amides is 3. The van der Waals surface area contributed by atoms with Gasteiger partial charge in [-0.15, -0.1) is 24.0 Å². The average molecular weight is 523 g/mol. The molecule has 3 fully saturated rings. The van der Waals surface area contributed by atoms with Gasteiger partial charge in [0.05, 0.1) is 0 Å². The second-order valence-corrected chi connectivity index (χ2v) is 9.06. The van der Waals surface area contributed by atoms with E-state index in [1.807, 2.05) is 14.0 Å². The number of nitrogens with zero attached hydrogens (tertiary/aromatic N) is 2. The quantitative estimate of drug-likeness (QED) is 0.245. The number of nitrogens with one attached hydrogen (secondary N) is 3. The number of urea groups is 1. The van der Waals surface area contributed by atoms with Crippen LogP contribution >= 0.6 is 24.0 Å². The van der Waals surface area contributed by atoms with E-state index < -0.39 is 5.54 Å². The van der Waals surface area contributed by atoms with Crippen LogP contribution in [0, 0.1) is 17.8 Å². The predicted octanol–water partition coefficient (Wildman–Crippen LogP) is 2.08. The number of carbonyl (C=O) groups excluding carboxylic acids is 2. The fourth-order valence-electron chi connectivity index (χ4n) is 5.82. The van der Waals surface area contributed by atoms with Crippen LogP contribution in [0.3, 0.4) is 0 Å². The first kappa shape index (κ1) is 21.4. The highest BCUT2D eigenvalue weighted by atomic mass is 127. The highest BCUT2D eigenvalue weighted by Crippen LogP contribution is 2.60. The molecule has 2 saturated heterocycles. The largest absolute Gasteiger partial charge is 0.356 e. The standard InChI is InChI=1S/C22H29N5O2.HI/c1-22(19(28)25-21(29)26-22)14-7-9-27(10-8-14)20(23-2)24-12-17-16-11-13-5-3-4-6-15(13)18(16)17;/h3-6,14,16-18H,7-12H2,1-2H3,(H,23,24)(H2,25,26,28,29);1H. The number of rotatable bonds is 3. The molecule has 5 rings (SSSR count). The molecule has 162 valence electrons. The van der Waals surface area contributed by atoms with Crippen molar-refractivity contribution in [3.8, 4) is 0 Å². The van der Waals surface area contributed by atoms with E-state index in [-0.39, 0.29) is 41.8 Å². The second kappa shape index (κ2) is 8.01. The van der Waals surface area contributed by atoms with E-state index in [1.54, 1.807) is 5.56 Å². The van der Waals surface area contributed by atoms with E-state index in [1.165, 1.54) is 12.0 Å². The fourth-order valence-corrected chi connectivity index (χ4v) is 5.82. The number of hydrogen-bond donors (Lipinski definition) is 3. The summed E-state index contributed by atoms with van der Waals surface area (Å²) in [5.41, 5.74) is 2.28. The molecule has 4 atom stereocenters. The zero-order valence-electron chi connectivity index (χ0n) is 17.5. The Labute approximate surface area is 194 Å². The van der Waals surface area contributed by atoms with E-state index in [9.17, 15) is 9.59 Å². The van der Waals surface area contributed by atoms with Crippen molar-refractivity contribution in [1.82, 2.24) is 20.9 Å². The van der Waals surface area contributed by atoms with Crippen LogP contribution in [0.5, 0.6) is 0 Å². The molecule has 4 unspecified atom stereocenters. The van der Waals surface area contributed by atoms with E-state index in [4.69, 9.17) is 0 Å². The molecule has 0 radical (unpaired) electrons. The zero-order valence-corrected chi connectivity index (χ0v) is 19.8. The van der Waals surface area contributed by atoms with Crippen LogP contribution < -0.4 is 16.0 Å². The van der Waals surface area contributed by atoms with Gasteiger partial charge in [0.15, 0.2) is 5.96 Å². The normalized spacial score (nSPS) is 32.7. The highest BCUT2D eigenvalue weighted by molar-refractivity contribution is 14.0. The van der Waals surface area contributed by atoms with Crippen LogP contribution in [0.2, 0.25) is 0 Å². The van der Waals surface area contributed by atoms with Crippen LogP contribution in [0.4, 0.5) is 4.79 Å². The molecule has 1 aromatic rings. The van der Waals surface area contributed by atoms with Crippen LogP contribution in [-0.2, 0) is 11.2 Å². The van der Waals surface area contributed by atoms with Gasteiger partial charge in [-0.25, -0.2) is 4.79 Å². The average Bonchev–Trinajstić information content (AvgIpc) is 3.12. The molecule has 1 saturated carbocycles. The highest BCUT2D eigenvalue weighted by Gasteiger charge is 2.55. The summed E-state index contributed by atoms with van der Waals surface area (Å²) in [4.78, 5) is 30.5. The summed E-state index contributed by atoms with van der Waals surface area (Å²) in [7, 11) is 1.84. The van der Waals surface area contributed by atoms with E-state index in [0.29, 0.717) is 11.8 Å². The third-order valence-corrected chi connectivity index (χ3v) is 7.59. The molecule has 0 bridgehead atoms. The van der Waals surface area contributed by atoms with E-state index in [2.05, 4.69) is 50.1 Å². The van der Waals surface area contributed by atoms with Gasteiger partial charge in [0, 0.05) is 26.7 Å². The maximum absolute atomic E-state index is 12.2. The number of hydrogen-bond acceptors (Lipinski definition) is 3. The van der Waals surface area contributed by atoms with Crippen molar-refractivity contribution in [3.63, 3.8) is 0 Å². The number of guanidine groups is 1. The second-order valence-electron chi connectivity index (χ2n) is 9.06. The Balaban J connectivity index is 0.00000218. The summed E-state index contributed by atoms with van der Waals surface area (Å²) < 4.78 is 0. The van der Waals surface area contributed by atoms with Gasteiger partial charge >= 0.3 is 6.03 Å². The molecule has 3 N–H and O–H groups in total. The molecule has 1 aromatic carbocycles. The summed E-state index contributed by atoms with van der Waals surface area (Å²) in [6.45, 7) is 4.48. The molecular weight excluding hydrogens is 493 g/mol. The minimum absolute atomic E-state index is 0. The van der Waals surface area contributed by atoms with Crippen molar-refractivity contribution >= 4 is 41.9 Å². The lowest BCUT2D eigenvalue weighted by Crippen LogP contribution is -2.55. The Morgan fingerprint density at radius 1 is 1.27 bits per heavy atom. The van der Waals surface area contributed by atoms with Gasteiger partial charge in [0.2, 0.25) is 0 Å². The van der Waals surface area contributed by atoms with E-state index in [0.717, 1.165) is 44.4 Å². The first-order valence-corrected chi connectivity index (χ1v) is 10.7. The third-order valence-electron chi connectivity index (χ3n) is 7.59. The fraction of sp³-hybridized carbons (Fsp3) is 0.591. The molecule has 4 aliphatic rings. The van der Waals surface area contributed by atoms with Gasteiger partial charge in [-0.2, -0.15) is 0 Å². The Kier molecular flexibility index (Phi) is 5.71. The van der Waals surface area contributed by atoms with Crippen molar-refractivity contribution in [2.24, 2.45) is 22.7 Å². The minimum Gasteiger partial charge on any atom is -0.356 e. The summed E-state index contributed by atoms with van der Waals surface area (Å²) in [6, 6.07) is 8.47. The molecule has 2 heterocycles. The number of aliphatic imine (C=N–C) groups is 1. The van der Waals surface area contributed by atoms with Crippen LogP contribution in [0.1, 0.15) is 36.8 Å². The number of imide groups is 1. The molecule has 3 amide bonds. The molecule has 0 spiro atoms. The summed E-state index contributed by atoms with van der Waals surface area (Å²) in [5, 5.41) is 8.80. The number of halogens is 1. The van der Waals surface area contributed by atoms with Crippen molar-refractivity contribution in [2.75, 3.05) is 26.7 Å². The van der Waals surface area contributed by atoms with Crippen LogP contribution in [-0.4, -0.2) is 55.0 Å². The van der Waals surface area contributed by atoms with Crippen LogP contribution in [0.25, 0.3) is 0 Å². The monoisotopic (exact) mass is 523 g/mol. The number of carbonyl (C=O) groups is 2. The smallest absolute Gasteiger partial charge is 0.322 e. The molecule has 30 heavy (non-hydrogen) atoms. The van der Waals surface area contributed by atoms with Crippen LogP contribution in [0.15, 0.2) is 29.3 Å².